The van der Waals surface area contributed by atoms with Crippen molar-refractivity contribution < 1.29 is 18.0 Å². The zero-order chi connectivity index (χ0) is 19.4. The number of thiophene rings is 1. The molecule has 2 aromatic rings. The number of benzene rings is 1. The number of nitrogens with one attached hydrogen (secondary N) is 1. The highest BCUT2D eigenvalue weighted by Crippen LogP contribution is 2.31. The summed E-state index contributed by atoms with van der Waals surface area (Å²) < 4.78 is 38.7. The quantitative estimate of drug-likeness (QED) is 0.838. The molecule has 0 bridgehead atoms. The topological polar surface area (TPSA) is 35.6 Å². The highest BCUT2D eigenvalue weighted by Gasteiger charge is 2.31. The van der Waals surface area contributed by atoms with Crippen molar-refractivity contribution in [2.45, 2.75) is 25.7 Å². The Labute approximate surface area is 160 Å². The first kappa shape index (κ1) is 19.7. The van der Waals surface area contributed by atoms with Gasteiger partial charge in [-0.1, -0.05) is 12.1 Å². The lowest BCUT2D eigenvalue weighted by molar-refractivity contribution is -0.137. The van der Waals surface area contributed by atoms with Crippen LogP contribution in [0, 0.1) is 0 Å². The molecule has 1 aromatic heterocycles. The number of piperazine rings is 1. The van der Waals surface area contributed by atoms with E-state index in [-0.39, 0.29) is 11.9 Å². The molecule has 1 atom stereocenters. The molecule has 0 spiro atoms. The van der Waals surface area contributed by atoms with Gasteiger partial charge < -0.3 is 10.2 Å². The molecule has 27 heavy (non-hydrogen) atoms. The molecular weight excluding hydrogens is 375 g/mol. The van der Waals surface area contributed by atoms with Crippen molar-refractivity contribution in [3.63, 3.8) is 0 Å². The highest BCUT2D eigenvalue weighted by molar-refractivity contribution is 7.09. The molecule has 1 fully saturated rings. The SMILES string of the molecule is C[C@H](C(=O)NCc1cccs1)N1CCN(c2cccc(C(F)(F)F)c2)CC1. The van der Waals surface area contributed by atoms with Gasteiger partial charge in [0.2, 0.25) is 5.91 Å². The third-order valence-corrected chi connectivity index (χ3v) is 5.67. The van der Waals surface area contributed by atoms with E-state index in [9.17, 15) is 18.0 Å². The lowest BCUT2D eigenvalue weighted by Crippen LogP contribution is -2.53. The molecule has 0 aliphatic carbocycles. The van der Waals surface area contributed by atoms with E-state index in [1.165, 1.54) is 12.1 Å². The van der Waals surface area contributed by atoms with Crippen molar-refractivity contribution in [3.05, 3.63) is 52.2 Å². The standard InChI is InChI=1S/C19H22F3N3OS/c1-14(18(26)23-13-17-6-3-11-27-17)24-7-9-25(10-8-24)16-5-2-4-15(12-16)19(20,21)22/h2-6,11-12,14H,7-10,13H2,1H3,(H,23,26)/t14-/m1/s1. The van der Waals surface area contributed by atoms with Gasteiger partial charge in [-0.3, -0.25) is 9.69 Å². The third kappa shape index (κ3) is 5.01. The van der Waals surface area contributed by atoms with Crippen molar-refractivity contribution in [3.8, 4) is 0 Å². The predicted octanol–water partition coefficient (Wildman–Crippen LogP) is 3.59. The maximum atomic E-state index is 12.9. The number of amides is 1. The van der Waals surface area contributed by atoms with Crippen LogP contribution in [0.15, 0.2) is 41.8 Å². The van der Waals surface area contributed by atoms with Crippen LogP contribution in [0.5, 0.6) is 0 Å². The molecule has 1 aliphatic rings. The van der Waals surface area contributed by atoms with Crippen molar-refractivity contribution in [2.24, 2.45) is 0 Å². The minimum Gasteiger partial charge on any atom is -0.369 e. The Balaban J connectivity index is 1.53. The minimum atomic E-state index is -4.34. The van der Waals surface area contributed by atoms with Gasteiger partial charge in [-0.25, -0.2) is 0 Å². The van der Waals surface area contributed by atoms with Gasteiger partial charge in [0.25, 0.3) is 0 Å². The van der Waals surface area contributed by atoms with E-state index in [1.807, 2.05) is 29.3 Å². The summed E-state index contributed by atoms with van der Waals surface area (Å²) in [6, 6.07) is 9.06. The molecule has 1 amide bonds. The van der Waals surface area contributed by atoms with Crippen LogP contribution in [0.25, 0.3) is 0 Å². The van der Waals surface area contributed by atoms with Crippen molar-refractivity contribution in [1.29, 1.82) is 0 Å². The number of hydrogen-bond acceptors (Lipinski definition) is 4. The molecule has 146 valence electrons. The zero-order valence-electron chi connectivity index (χ0n) is 15.0. The van der Waals surface area contributed by atoms with Gasteiger partial charge >= 0.3 is 6.18 Å². The Morgan fingerprint density at radius 1 is 1.19 bits per heavy atom. The third-order valence-electron chi connectivity index (χ3n) is 4.80. The molecule has 8 heteroatoms. The number of nitrogens with zero attached hydrogens (tertiary/aromatic N) is 2. The summed E-state index contributed by atoms with van der Waals surface area (Å²) in [6.45, 7) is 4.82. The number of hydrogen-bond donors (Lipinski definition) is 1. The van der Waals surface area contributed by atoms with Crippen LogP contribution in [0.3, 0.4) is 0 Å². The summed E-state index contributed by atoms with van der Waals surface area (Å²) >= 11 is 1.60. The van der Waals surface area contributed by atoms with E-state index >= 15 is 0 Å². The summed E-state index contributed by atoms with van der Waals surface area (Å²) in [5, 5.41) is 4.91. The average Bonchev–Trinajstić information content (AvgIpc) is 3.19. The fourth-order valence-electron chi connectivity index (χ4n) is 3.15. The molecule has 1 N–H and O–H groups in total. The first-order chi connectivity index (χ1) is 12.8. The molecule has 3 rings (SSSR count). The van der Waals surface area contributed by atoms with Crippen LogP contribution >= 0.6 is 11.3 Å². The largest absolute Gasteiger partial charge is 0.416 e. The Hall–Kier alpha value is -2.06. The van der Waals surface area contributed by atoms with Gasteiger partial charge in [0.15, 0.2) is 0 Å². The van der Waals surface area contributed by atoms with Gasteiger partial charge in [-0.2, -0.15) is 13.2 Å². The summed E-state index contributed by atoms with van der Waals surface area (Å²) in [5.74, 6) is -0.0316. The molecule has 4 nitrogen and oxygen atoms in total. The van der Waals surface area contributed by atoms with E-state index < -0.39 is 11.7 Å². The first-order valence-corrected chi connectivity index (χ1v) is 9.69. The van der Waals surface area contributed by atoms with Gasteiger partial charge in [0.05, 0.1) is 18.2 Å². The van der Waals surface area contributed by atoms with Crippen LogP contribution in [-0.2, 0) is 17.5 Å². The maximum Gasteiger partial charge on any atom is 0.416 e. The monoisotopic (exact) mass is 397 g/mol. The summed E-state index contributed by atoms with van der Waals surface area (Å²) in [4.78, 5) is 17.5. The van der Waals surface area contributed by atoms with Gasteiger partial charge in [0.1, 0.15) is 0 Å². The number of anilines is 1. The fraction of sp³-hybridized carbons (Fsp3) is 0.421. The van der Waals surface area contributed by atoms with Gasteiger partial charge in [-0.05, 0) is 36.6 Å². The second-order valence-electron chi connectivity index (χ2n) is 6.54. The Kier molecular flexibility index (Phi) is 6.06. The number of rotatable bonds is 5. The van der Waals surface area contributed by atoms with Crippen molar-refractivity contribution >= 4 is 22.9 Å². The number of carbonyl (C=O) groups excluding carboxylic acids is 1. The van der Waals surface area contributed by atoms with Crippen LogP contribution < -0.4 is 10.2 Å². The van der Waals surface area contributed by atoms with E-state index in [0.717, 1.165) is 10.9 Å². The van der Waals surface area contributed by atoms with Crippen LogP contribution in [-0.4, -0.2) is 43.0 Å². The molecule has 0 radical (unpaired) electrons. The van der Waals surface area contributed by atoms with E-state index in [4.69, 9.17) is 0 Å². The first-order valence-electron chi connectivity index (χ1n) is 8.81. The van der Waals surface area contributed by atoms with Gasteiger partial charge in [-0.15, -0.1) is 11.3 Å². The van der Waals surface area contributed by atoms with Crippen molar-refractivity contribution in [1.82, 2.24) is 10.2 Å². The van der Waals surface area contributed by atoms with Crippen LogP contribution in [0.4, 0.5) is 18.9 Å². The zero-order valence-corrected chi connectivity index (χ0v) is 15.8. The molecule has 1 aliphatic heterocycles. The van der Waals surface area contributed by atoms with E-state index in [1.54, 1.807) is 17.4 Å². The number of carbonyl (C=O) groups is 1. The summed E-state index contributed by atoms with van der Waals surface area (Å²) in [5.41, 5.74) is -0.0666. The van der Waals surface area contributed by atoms with Gasteiger partial charge in [0, 0.05) is 36.7 Å². The predicted molar refractivity (Wildman–Crippen MR) is 101 cm³/mol. The van der Waals surface area contributed by atoms with Crippen LogP contribution in [0.2, 0.25) is 0 Å². The fourth-order valence-corrected chi connectivity index (χ4v) is 3.79. The Morgan fingerprint density at radius 2 is 1.93 bits per heavy atom. The Bertz CT molecular complexity index is 756. The maximum absolute atomic E-state index is 12.9. The molecule has 0 unspecified atom stereocenters. The minimum absolute atomic E-state index is 0.0316. The summed E-state index contributed by atoms with van der Waals surface area (Å²) in [7, 11) is 0. The second kappa shape index (κ2) is 8.31. The second-order valence-corrected chi connectivity index (χ2v) is 7.58. The number of alkyl halides is 3. The smallest absolute Gasteiger partial charge is 0.369 e. The lowest BCUT2D eigenvalue weighted by atomic mass is 10.1. The summed E-state index contributed by atoms with van der Waals surface area (Å²) in [6.07, 6.45) is -4.34. The van der Waals surface area contributed by atoms with E-state index in [2.05, 4.69) is 10.2 Å². The lowest BCUT2D eigenvalue weighted by Gasteiger charge is -2.38. The molecule has 1 saturated heterocycles. The van der Waals surface area contributed by atoms with Crippen LogP contribution in [0.1, 0.15) is 17.4 Å². The molecule has 1 aromatic carbocycles. The molecule has 2 heterocycles. The average molecular weight is 397 g/mol. The number of halogens is 3. The Morgan fingerprint density at radius 3 is 2.56 bits per heavy atom. The van der Waals surface area contributed by atoms with E-state index in [0.29, 0.717) is 38.4 Å². The van der Waals surface area contributed by atoms with Crippen molar-refractivity contribution in [2.75, 3.05) is 31.1 Å². The highest BCUT2D eigenvalue weighted by atomic mass is 32.1. The molecular formula is C19H22F3N3OS. The normalized spacial score (nSPS) is 17.0. The molecule has 0 saturated carbocycles.